The number of benzene rings is 2. The highest BCUT2D eigenvalue weighted by Gasteiger charge is 2.14. The number of fused-ring (bicyclic) bond motifs is 1. The molecule has 1 heterocycles. The third-order valence-electron chi connectivity index (χ3n) is 2.91. The molecule has 0 bridgehead atoms. The second kappa shape index (κ2) is 6.15. The van der Waals surface area contributed by atoms with Crippen LogP contribution in [0, 0.1) is 0 Å². The molecule has 3 nitrogen and oxygen atoms in total. The maximum Gasteiger partial charge on any atom is 0.130 e. The van der Waals surface area contributed by atoms with Gasteiger partial charge in [-0.15, -0.1) is 0 Å². The van der Waals surface area contributed by atoms with Crippen molar-refractivity contribution in [1.82, 2.24) is 8.75 Å². The molecular formula is C13H7Cl4N3S. The van der Waals surface area contributed by atoms with E-state index >= 15 is 0 Å². The molecule has 0 atom stereocenters. The highest BCUT2D eigenvalue weighted by atomic mass is 35.5. The van der Waals surface area contributed by atoms with Gasteiger partial charge in [0, 0.05) is 16.6 Å². The molecule has 0 saturated heterocycles. The maximum absolute atomic E-state index is 6.23. The van der Waals surface area contributed by atoms with E-state index in [0.29, 0.717) is 43.4 Å². The molecule has 0 aliphatic carbocycles. The van der Waals surface area contributed by atoms with Gasteiger partial charge in [0.15, 0.2) is 0 Å². The minimum absolute atomic E-state index is 0.466. The highest BCUT2D eigenvalue weighted by Crippen LogP contribution is 2.35. The third-order valence-corrected chi connectivity index (χ3v) is 4.63. The molecule has 0 fully saturated rings. The molecule has 0 aliphatic heterocycles. The molecular weight excluding hydrogens is 372 g/mol. The molecule has 0 spiro atoms. The van der Waals surface area contributed by atoms with Crippen LogP contribution >= 0.6 is 58.1 Å². The first-order valence-corrected chi connectivity index (χ1v) is 8.08. The number of anilines is 1. The largest absolute Gasteiger partial charge is 0.378 e. The molecule has 0 saturated carbocycles. The van der Waals surface area contributed by atoms with Gasteiger partial charge >= 0.3 is 0 Å². The number of rotatable bonds is 3. The van der Waals surface area contributed by atoms with Gasteiger partial charge < -0.3 is 5.32 Å². The second-order valence-electron chi connectivity index (χ2n) is 4.27. The minimum Gasteiger partial charge on any atom is -0.378 e. The number of hydrogen-bond acceptors (Lipinski definition) is 4. The zero-order valence-electron chi connectivity index (χ0n) is 10.3. The van der Waals surface area contributed by atoms with Crippen molar-refractivity contribution in [3.8, 4) is 0 Å². The van der Waals surface area contributed by atoms with Crippen LogP contribution in [0.15, 0.2) is 24.3 Å². The van der Waals surface area contributed by atoms with Crippen molar-refractivity contribution in [3.63, 3.8) is 0 Å². The fraction of sp³-hybridized carbons (Fsp3) is 0.0769. The first-order chi connectivity index (χ1) is 10.1. The van der Waals surface area contributed by atoms with E-state index in [0.717, 1.165) is 17.3 Å². The van der Waals surface area contributed by atoms with Crippen molar-refractivity contribution in [2.24, 2.45) is 0 Å². The van der Waals surface area contributed by atoms with Gasteiger partial charge in [-0.05, 0) is 29.8 Å². The van der Waals surface area contributed by atoms with Crippen LogP contribution in [0.4, 0.5) is 5.69 Å². The van der Waals surface area contributed by atoms with E-state index in [2.05, 4.69) is 14.1 Å². The van der Waals surface area contributed by atoms with E-state index in [9.17, 15) is 0 Å². The highest BCUT2D eigenvalue weighted by molar-refractivity contribution is 7.00. The normalized spacial score (nSPS) is 11.0. The molecule has 8 heteroatoms. The summed E-state index contributed by atoms with van der Waals surface area (Å²) in [5.41, 5.74) is 2.83. The zero-order valence-corrected chi connectivity index (χ0v) is 14.2. The Labute approximate surface area is 145 Å². The molecule has 21 heavy (non-hydrogen) atoms. The summed E-state index contributed by atoms with van der Waals surface area (Å²) in [5, 5.41) is 5.44. The molecule has 0 amide bonds. The minimum atomic E-state index is 0.466. The Bertz CT molecular complexity index is 819. The summed E-state index contributed by atoms with van der Waals surface area (Å²) in [6.07, 6.45) is 0. The molecule has 0 radical (unpaired) electrons. The smallest absolute Gasteiger partial charge is 0.130 e. The summed E-state index contributed by atoms with van der Waals surface area (Å²) < 4.78 is 8.39. The Hall–Kier alpha value is -0.780. The van der Waals surface area contributed by atoms with Crippen molar-refractivity contribution in [2.45, 2.75) is 6.54 Å². The summed E-state index contributed by atoms with van der Waals surface area (Å²) in [6.45, 7) is 0.466. The van der Waals surface area contributed by atoms with Crippen molar-refractivity contribution >= 4 is 74.9 Å². The summed E-state index contributed by atoms with van der Waals surface area (Å²) >= 11 is 25.5. The van der Waals surface area contributed by atoms with Crippen molar-refractivity contribution in [2.75, 3.05) is 5.32 Å². The van der Waals surface area contributed by atoms with Crippen LogP contribution in [-0.4, -0.2) is 8.75 Å². The van der Waals surface area contributed by atoms with Gasteiger partial charge in [0.1, 0.15) is 11.0 Å². The third kappa shape index (κ3) is 3.05. The first-order valence-electron chi connectivity index (χ1n) is 5.84. The maximum atomic E-state index is 6.23. The van der Waals surface area contributed by atoms with Crippen LogP contribution in [0.5, 0.6) is 0 Å². The van der Waals surface area contributed by atoms with Gasteiger partial charge in [-0.25, -0.2) is 0 Å². The number of nitrogens with zero attached hydrogens (tertiary/aromatic N) is 2. The Morgan fingerprint density at radius 1 is 0.905 bits per heavy atom. The number of aromatic nitrogens is 2. The van der Waals surface area contributed by atoms with Gasteiger partial charge in [0.2, 0.25) is 0 Å². The average molecular weight is 379 g/mol. The van der Waals surface area contributed by atoms with Gasteiger partial charge in [-0.2, -0.15) is 8.75 Å². The standard InChI is InChI=1S/C13H7Cl4N3S/c14-7-1-2-8(15)6(3-7)5-18-11-9(16)4-10(17)12-13(11)20-21-19-12/h1-4,18H,5H2. The van der Waals surface area contributed by atoms with Crippen molar-refractivity contribution in [3.05, 3.63) is 49.9 Å². The number of nitrogens with one attached hydrogen (secondary N) is 1. The average Bonchev–Trinajstić information content (AvgIpc) is 2.92. The van der Waals surface area contributed by atoms with E-state index in [-0.39, 0.29) is 0 Å². The monoisotopic (exact) mass is 377 g/mol. The fourth-order valence-electron chi connectivity index (χ4n) is 1.90. The van der Waals surface area contributed by atoms with E-state index in [1.54, 1.807) is 24.3 Å². The number of hydrogen-bond donors (Lipinski definition) is 1. The van der Waals surface area contributed by atoms with Gasteiger partial charge in [0.25, 0.3) is 0 Å². The van der Waals surface area contributed by atoms with Crippen LogP contribution in [0.1, 0.15) is 5.56 Å². The molecule has 0 unspecified atom stereocenters. The van der Waals surface area contributed by atoms with Gasteiger partial charge in [-0.1, -0.05) is 46.4 Å². The predicted octanol–water partition coefficient (Wildman–Crippen LogP) is 5.92. The Morgan fingerprint density at radius 3 is 2.48 bits per heavy atom. The van der Waals surface area contributed by atoms with E-state index < -0.39 is 0 Å². The Morgan fingerprint density at radius 2 is 1.67 bits per heavy atom. The van der Waals surface area contributed by atoms with E-state index in [4.69, 9.17) is 46.4 Å². The van der Waals surface area contributed by atoms with Gasteiger partial charge in [-0.3, -0.25) is 0 Å². The summed E-state index contributed by atoms with van der Waals surface area (Å²) in [5.74, 6) is 0. The molecule has 1 aromatic heterocycles. The lowest BCUT2D eigenvalue weighted by Crippen LogP contribution is -2.01. The molecule has 3 aromatic rings. The lowest BCUT2D eigenvalue weighted by Gasteiger charge is -2.11. The number of halogens is 4. The van der Waals surface area contributed by atoms with E-state index in [1.165, 1.54) is 0 Å². The summed E-state index contributed by atoms with van der Waals surface area (Å²) in [7, 11) is 0. The molecule has 3 rings (SSSR count). The van der Waals surface area contributed by atoms with Crippen LogP contribution in [-0.2, 0) is 6.54 Å². The van der Waals surface area contributed by atoms with Gasteiger partial charge in [0.05, 0.1) is 27.5 Å². The SMILES string of the molecule is Clc1ccc(Cl)c(CNc2c(Cl)cc(Cl)c3nsnc23)c1. The van der Waals surface area contributed by atoms with E-state index in [1.807, 2.05) is 0 Å². The molecule has 0 aliphatic rings. The topological polar surface area (TPSA) is 37.8 Å². The van der Waals surface area contributed by atoms with Crippen LogP contribution < -0.4 is 5.32 Å². The van der Waals surface area contributed by atoms with Crippen LogP contribution in [0.2, 0.25) is 20.1 Å². The van der Waals surface area contributed by atoms with Crippen LogP contribution in [0.25, 0.3) is 11.0 Å². The second-order valence-corrected chi connectivity index (χ2v) is 6.45. The zero-order chi connectivity index (χ0) is 15.0. The Balaban J connectivity index is 1.95. The quantitative estimate of drug-likeness (QED) is 0.614. The first kappa shape index (κ1) is 15.1. The summed E-state index contributed by atoms with van der Waals surface area (Å²) in [6, 6.07) is 6.95. The lowest BCUT2D eigenvalue weighted by atomic mass is 10.2. The molecule has 1 N–H and O–H groups in total. The molecule has 108 valence electrons. The van der Waals surface area contributed by atoms with Crippen molar-refractivity contribution in [1.29, 1.82) is 0 Å². The van der Waals surface area contributed by atoms with Crippen LogP contribution in [0.3, 0.4) is 0 Å². The Kier molecular flexibility index (Phi) is 4.43. The van der Waals surface area contributed by atoms with Crippen molar-refractivity contribution < 1.29 is 0 Å². The lowest BCUT2D eigenvalue weighted by molar-refractivity contribution is 1.15. The predicted molar refractivity (Wildman–Crippen MR) is 91.2 cm³/mol. The molecule has 2 aromatic carbocycles. The summed E-state index contributed by atoms with van der Waals surface area (Å²) in [4.78, 5) is 0. The fourth-order valence-corrected chi connectivity index (χ4v) is 3.46.